The lowest BCUT2D eigenvalue weighted by Crippen LogP contribution is -1.87. The summed E-state index contributed by atoms with van der Waals surface area (Å²) < 4.78 is 2.34. The Morgan fingerprint density at radius 2 is 1.77 bits per heavy atom. The van der Waals surface area contributed by atoms with Gasteiger partial charge in [-0.3, -0.25) is 0 Å². The summed E-state index contributed by atoms with van der Waals surface area (Å²) in [5, 5.41) is 4.71. The van der Waals surface area contributed by atoms with Gasteiger partial charge in [-0.1, -0.05) is 52.3 Å². The smallest absolute Gasteiger partial charge is 0.0491 e. The van der Waals surface area contributed by atoms with Crippen molar-refractivity contribution in [2.24, 2.45) is 0 Å². The Bertz CT molecular complexity index is 858. The standard InChI is InChI=1S/C18H14Br2S2/c1-11(19)17(21-2)14-7-3-6-13-12(14)5-4-8-15(13)18-16(20)9-10-22-18/h3-10H,1-2H3/b17-11+. The summed E-state index contributed by atoms with van der Waals surface area (Å²) in [6, 6.07) is 15.2. The van der Waals surface area contributed by atoms with Crippen molar-refractivity contribution in [3.8, 4) is 10.4 Å². The van der Waals surface area contributed by atoms with E-state index in [4.69, 9.17) is 0 Å². The van der Waals surface area contributed by atoms with E-state index in [1.165, 1.54) is 36.2 Å². The number of hydrogen-bond acceptors (Lipinski definition) is 2. The van der Waals surface area contributed by atoms with Gasteiger partial charge >= 0.3 is 0 Å². The van der Waals surface area contributed by atoms with Crippen molar-refractivity contribution in [2.75, 3.05) is 6.26 Å². The summed E-state index contributed by atoms with van der Waals surface area (Å²) in [4.78, 5) is 2.57. The first-order chi connectivity index (χ1) is 10.6. The molecule has 0 aliphatic carbocycles. The molecule has 2 aromatic carbocycles. The highest BCUT2D eigenvalue weighted by Gasteiger charge is 2.13. The Hall–Kier alpha value is -0.550. The number of rotatable bonds is 3. The highest BCUT2D eigenvalue weighted by molar-refractivity contribution is 9.12. The molecule has 0 N–H and O–H groups in total. The Kier molecular flexibility index (Phi) is 5.13. The van der Waals surface area contributed by atoms with E-state index in [1.54, 1.807) is 23.1 Å². The largest absolute Gasteiger partial charge is 0.143 e. The molecule has 0 amide bonds. The fourth-order valence-electron chi connectivity index (χ4n) is 2.63. The predicted octanol–water partition coefficient (Wildman–Crippen LogP) is 7.78. The second-order valence-electron chi connectivity index (χ2n) is 4.87. The average molecular weight is 454 g/mol. The van der Waals surface area contributed by atoms with E-state index >= 15 is 0 Å². The summed E-state index contributed by atoms with van der Waals surface area (Å²) in [6.07, 6.45) is 2.12. The third-order valence-electron chi connectivity index (χ3n) is 3.55. The van der Waals surface area contributed by atoms with E-state index in [0.717, 1.165) is 4.47 Å². The van der Waals surface area contributed by atoms with E-state index in [2.05, 4.69) is 92.9 Å². The fourth-order valence-corrected chi connectivity index (χ4v) is 5.63. The monoisotopic (exact) mass is 452 g/mol. The first kappa shape index (κ1) is 16.3. The van der Waals surface area contributed by atoms with Gasteiger partial charge in [-0.25, -0.2) is 0 Å². The molecule has 22 heavy (non-hydrogen) atoms. The van der Waals surface area contributed by atoms with Gasteiger partial charge in [-0.15, -0.1) is 23.1 Å². The van der Waals surface area contributed by atoms with Gasteiger partial charge in [-0.2, -0.15) is 0 Å². The average Bonchev–Trinajstić information content (AvgIpc) is 2.93. The molecular weight excluding hydrogens is 440 g/mol. The fraction of sp³-hybridized carbons (Fsp3) is 0.111. The molecule has 3 rings (SSSR count). The van der Waals surface area contributed by atoms with Crippen LogP contribution in [-0.2, 0) is 0 Å². The first-order valence-corrected chi connectivity index (χ1v) is 10.5. The Balaban J connectivity index is 2.33. The van der Waals surface area contributed by atoms with Crippen LogP contribution >= 0.6 is 55.0 Å². The van der Waals surface area contributed by atoms with Crippen LogP contribution in [0.4, 0.5) is 0 Å². The van der Waals surface area contributed by atoms with Gasteiger partial charge in [0.1, 0.15) is 0 Å². The van der Waals surface area contributed by atoms with E-state index in [0.29, 0.717) is 0 Å². The van der Waals surface area contributed by atoms with Crippen LogP contribution in [0, 0.1) is 0 Å². The Morgan fingerprint density at radius 3 is 2.41 bits per heavy atom. The lowest BCUT2D eigenvalue weighted by atomic mass is 9.99. The maximum atomic E-state index is 3.66. The normalized spacial score (nSPS) is 12.5. The predicted molar refractivity (Wildman–Crippen MR) is 110 cm³/mol. The van der Waals surface area contributed by atoms with Crippen molar-refractivity contribution >= 4 is 70.6 Å². The second kappa shape index (κ2) is 6.91. The zero-order valence-corrected chi connectivity index (χ0v) is 17.0. The topological polar surface area (TPSA) is 0 Å². The van der Waals surface area contributed by atoms with Crippen LogP contribution in [0.3, 0.4) is 0 Å². The summed E-state index contributed by atoms with van der Waals surface area (Å²) in [5.41, 5.74) is 2.57. The summed E-state index contributed by atoms with van der Waals surface area (Å²) in [7, 11) is 0. The minimum absolute atomic E-state index is 1.16. The van der Waals surface area contributed by atoms with Crippen molar-refractivity contribution < 1.29 is 0 Å². The number of benzene rings is 2. The molecule has 112 valence electrons. The number of allylic oxidation sites excluding steroid dienone is 1. The van der Waals surface area contributed by atoms with Gasteiger partial charge in [0, 0.05) is 24.3 Å². The van der Waals surface area contributed by atoms with Crippen LogP contribution in [0.2, 0.25) is 0 Å². The highest BCUT2D eigenvalue weighted by atomic mass is 79.9. The second-order valence-corrected chi connectivity index (χ2v) is 8.65. The molecule has 1 heterocycles. The van der Waals surface area contributed by atoms with Crippen LogP contribution in [-0.4, -0.2) is 6.26 Å². The van der Waals surface area contributed by atoms with Crippen LogP contribution in [0.1, 0.15) is 12.5 Å². The van der Waals surface area contributed by atoms with E-state index in [9.17, 15) is 0 Å². The van der Waals surface area contributed by atoms with Crippen LogP contribution in [0.5, 0.6) is 0 Å². The summed E-state index contributed by atoms with van der Waals surface area (Å²) in [5.74, 6) is 0. The molecule has 4 heteroatoms. The van der Waals surface area contributed by atoms with Gasteiger partial charge in [0.15, 0.2) is 0 Å². The van der Waals surface area contributed by atoms with Crippen molar-refractivity contribution in [3.63, 3.8) is 0 Å². The van der Waals surface area contributed by atoms with E-state index in [1.807, 2.05) is 0 Å². The number of halogens is 2. The van der Waals surface area contributed by atoms with Crippen molar-refractivity contribution in [1.29, 1.82) is 0 Å². The molecule has 0 radical (unpaired) electrons. The number of thiophene rings is 1. The minimum Gasteiger partial charge on any atom is -0.143 e. The third kappa shape index (κ3) is 2.94. The molecule has 0 nitrogen and oxygen atoms in total. The van der Waals surface area contributed by atoms with Gasteiger partial charge in [0.25, 0.3) is 0 Å². The van der Waals surface area contributed by atoms with Crippen molar-refractivity contribution in [2.45, 2.75) is 6.92 Å². The SMILES string of the molecule is CS/C(=C(\C)Br)c1cccc2c(-c3sccc3Br)cccc12. The van der Waals surface area contributed by atoms with Crippen molar-refractivity contribution in [1.82, 2.24) is 0 Å². The Labute approximate surface area is 155 Å². The molecule has 1 aromatic heterocycles. The Morgan fingerprint density at radius 1 is 1.05 bits per heavy atom. The molecule has 0 spiro atoms. The summed E-state index contributed by atoms with van der Waals surface area (Å²) >= 11 is 10.9. The lowest BCUT2D eigenvalue weighted by Gasteiger charge is -2.12. The lowest BCUT2D eigenvalue weighted by molar-refractivity contribution is 1.66. The quantitative estimate of drug-likeness (QED) is 0.390. The molecule has 3 aromatic rings. The maximum Gasteiger partial charge on any atom is 0.0491 e. The molecule has 0 bridgehead atoms. The molecular formula is C18H14Br2S2. The minimum atomic E-state index is 1.16. The molecule has 0 aliphatic heterocycles. The van der Waals surface area contributed by atoms with E-state index in [-0.39, 0.29) is 0 Å². The molecule has 0 saturated heterocycles. The number of thioether (sulfide) groups is 1. The van der Waals surface area contributed by atoms with Crippen molar-refractivity contribution in [3.05, 3.63) is 62.4 Å². The van der Waals surface area contributed by atoms with Gasteiger partial charge in [-0.05, 0) is 56.9 Å². The molecule has 0 unspecified atom stereocenters. The van der Waals surface area contributed by atoms with Gasteiger partial charge in [0.2, 0.25) is 0 Å². The zero-order chi connectivity index (χ0) is 15.7. The summed E-state index contributed by atoms with van der Waals surface area (Å²) in [6.45, 7) is 2.10. The molecule has 0 saturated carbocycles. The maximum absolute atomic E-state index is 3.66. The number of hydrogen-bond donors (Lipinski definition) is 0. The van der Waals surface area contributed by atoms with Crippen LogP contribution in [0.15, 0.2) is 56.8 Å². The zero-order valence-electron chi connectivity index (χ0n) is 12.2. The molecule has 0 aliphatic rings. The van der Waals surface area contributed by atoms with Gasteiger partial charge < -0.3 is 0 Å². The third-order valence-corrected chi connectivity index (χ3v) is 7.01. The van der Waals surface area contributed by atoms with E-state index < -0.39 is 0 Å². The first-order valence-electron chi connectivity index (χ1n) is 6.79. The van der Waals surface area contributed by atoms with Crippen LogP contribution < -0.4 is 0 Å². The van der Waals surface area contributed by atoms with Gasteiger partial charge in [0.05, 0.1) is 0 Å². The molecule has 0 atom stereocenters. The molecule has 0 fully saturated rings. The number of fused-ring (bicyclic) bond motifs is 1. The highest BCUT2D eigenvalue weighted by Crippen LogP contribution is 2.41. The van der Waals surface area contributed by atoms with Crippen LogP contribution in [0.25, 0.3) is 26.1 Å².